The van der Waals surface area contributed by atoms with Gasteiger partial charge in [0.2, 0.25) is 0 Å². The molecule has 94 valence electrons. The lowest BCUT2D eigenvalue weighted by atomic mass is 10.0. The number of hydrogen-bond acceptors (Lipinski definition) is 3. The van der Waals surface area contributed by atoms with Crippen LogP contribution >= 0.6 is 0 Å². The molecule has 0 amide bonds. The van der Waals surface area contributed by atoms with Crippen LogP contribution in [0.3, 0.4) is 0 Å². The van der Waals surface area contributed by atoms with E-state index in [9.17, 15) is 8.78 Å². The first-order chi connectivity index (χ1) is 8.22. The first kappa shape index (κ1) is 12.4. The number of hydrogen-bond donors (Lipinski definition) is 1. The van der Waals surface area contributed by atoms with Crippen molar-refractivity contribution in [3.05, 3.63) is 34.9 Å². The second kappa shape index (κ2) is 5.53. The smallest absolute Gasteiger partial charge is 0.132 e. The third-order valence-corrected chi connectivity index (χ3v) is 2.75. The number of nitrogens with one attached hydrogen (secondary N) is 1. The van der Waals surface area contributed by atoms with Crippen LogP contribution in [0.15, 0.2) is 12.1 Å². The van der Waals surface area contributed by atoms with Gasteiger partial charge in [-0.1, -0.05) is 0 Å². The normalized spacial score (nSPS) is 20.5. The lowest BCUT2D eigenvalue weighted by Crippen LogP contribution is -2.33. The van der Waals surface area contributed by atoms with E-state index in [0.717, 1.165) is 6.54 Å². The highest BCUT2D eigenvalue weighted by atomic mass is 19.1. The molecule has 17 heavy (non-hydrogen) atoms. The molecule has 0 saturated carbocycles. The van der Waals surface area contributed by atoms with Crippen molar-refractivity contribution < 1.29 is 18.3 Å². The molecule has 1 atom stereocenters. The second-order valence-electron chi connectivity index (χ2n) is 3.96. The molecule has 1 unspecified atom stereocenters. The predicted octanol–water partition coefficient (Wildman–Crippen LogP) is 1.77. The highest BCUT2D eigenvalue weighted by molar-refractivity contribution is 5.27. The molecule has 1 aliphatic rings. The van der Waals surface area contributed by atoms with E-state index in [1.807, 2.05) is 0 Å². The zero-order valence-corrected chi connectivity index (χ0v) is 9.63. The average Bonchev–Trinajstić information content (AvgIpc) is 2.35. The van der Waals surface area contributed by atoms with Gasteiger partial charge in [-0.2, -0.15) is 0 Å². The Balaban J connectivity index is 2.24. The fraction of sp³-hybridized carbons (Fsp3) is 0.500. The minimum atomic E-state index is -0.587. The number of morpholine rings is 1. The van der Waals surface area contributed by atoms with Gasteiger partial charge >= 0.3 is 0 Å². The lowest BCUT2D eigenvalue weighted by Gasteiger charge is -2.24. The van der Waals surface area contributed by atoms with E-state index in [2.05, 4.69) is 5.32 Å². The molecule has 3 nitrogen and oxygen atoms in total. The highest BCUT2D eigenvalue weighted by Crippen LogP contribution is 2.24. The minimum Gasteiger partial charge on any atom is -0.380 e. The standard InChI is InChI=1S/C12H15F2NO2/c1-16-7-9-10(13)4-8(5-11(9)14)12-6-15-2-3-17-12/h4-5,12,15H,2-3,6-7H2,1H3. The number of halogens is 2. The molecule has 1 heterocycles. The quantitative estimate of drug-likeness (QED) is 0.877. The molecule has 0 aromatic heterocycles. The Hall–Kier alpha value is -1.04. The number of rotatable bonds is 3. The molecule has 2 rings (SSSR count). The molecule has 1 aromatic rings. The zero-order valence-electron chi connectivity index (χ0n) is 9.63. The lowest BCUT2D eigenvalue weighted by molar-refractivity contribution is 0.0272. The molecule has 1 fully saturated rings. The molecule has 1 aromatic carbocycles. The van der Waals surface area contributed by atoms with Crippen LogP contribution in [0.1, 0.15) is 17.2 Å². The SMILES string of the molecule is COCc1c(F)cc(C2CNCCO2)cc1F. The summed E-state index contributed by atoms with van der Waals surface area (Å²) >= 11 is 0. The second-order valence-corrected chi connectivity index (χ2v) is 3.96. The van der Waals surface area contributed by atoms with Crippen molar-refractivity contribution in [1.29, 1.82) is 0 Å². The summed E-state index contributed by atoms with van der Waals surface area (Å²) in [5.41, 5.74) is 0.479. The van der Waals surface area contributed by atoms with Crippen LogP contribution in [0.25, 0.3) is 0 Å². The molecule has 5 heteroatoms. The summed E-state index contributed by atoms with van der Waals surface area (Å²) in [7, 11) is 1.40. The summed E-state index contributed by atoms with van der Waals surface area (Å²) in [5, 5.41) is 3.12. The largest absolute Gasteiger partial charge is 0.380 e. The van der Waals surface area contributed by atoms with Crippen molar-refractivity contribution in [3.8, 4) is 0 Å². The van der Waals surface area contributed by atoms with Crippen molar-refractivity contribution in [3.63, 3.8) is 0 Å². The zero-order chi connectivity index (χ0) is 12.3. The third kappa shape index (κ3) is 2.80. The van der Waals surface area contributed by atoms with Crippen molar-refractivity contribution in [1.82, 2.24) is 5.32 Å². The van der Waals surface area contributed by atoms with Gasteiger partial charge in [-0.15, -0.1) is 0 Å². The fourth-order valence-electron chi connectivity index (χ4n) is 1.87. The van der Waals surface area contributed by atoms with Crippen molar-refractivity contribution in [2.75, 3.05) is 26.8 Å². The van der Waals surface area contributed by atoms with Gasteiger partial charge in [0.15, 0.2) is 0 Å². The van der Waals surface area contributed by atoms with Gasteiger partial charge in [0.25, 0.3) is 0 Å². The van der Waals surface area contributed by atoms with Crippen molar-refractivity contribution in [2.24, 2.45) is 0 Å². The maximum atomic E-state index is 13.7. The van der Waals surface area contributed by atoms with E-state index < -0.39 is 11.6 Å². The van der Waals surface area contributed by atoms with Crippen LogP contribution in [0.5, 0.6) is 0 Å². The first-order valence-corrected chi connectivity index (χ1v) is 5.51. The molecule has 0 spiro atoms. The molecule has 0 radical (unpaired) electrons. The van der Waals surface area contributed by atoms with Crippen molar-refractivity contribution in [2.45, 2.75) is 12.7 Å². The Morgan fingerprint density at radius 1 is 1.41 bits per heavy atom. The molecular formula is C12H15F2NO2. The van der Waals surface area contributed by atoms with Crippen LogP contribution in [-0.4, -0.2) is 26.8 Å². The minimum absolute atomic E-state index is 0.0416. The van der Waals surface area contributed by atoms with Crippen LogP contribution in [-0.2, 0) is 16.1 Å². The monoisotopic (exact) mass is 243 g/mol. The Morgan fingerprint density at radius 2 is 2.12 bits per heavy atom. The van der Waals surface area contributed by atoms with E-state index in [1.165, 1.54) is 19.2 Å². The van der Waals surface area contributed by atoms with Gasteiger partial charge < -0.3 is 14.8 Å². The molecule has 1 N–H and O–H groups in total. The number of methoxy groups -OCH3 is 1. The Bertz CT molecular complexity index is 369. The van der Waals surface area contributed by atoms with Gasteiger partial charge in [-0.05, 0) is 17.7 Å². The first-order valence-electron chi connectivity index (χ1n) is 5.51. The summed E-state index contributed by atoms with van der Waals surface area (Å²) in [6.45, 7) is 1.82. The van der Waals surface area contributed by atoms with Crippen LogP contribution in [0.4, 0.5) is 8.78 Å². The van der Waals surface area contributed by atoms with Gasteiger partial charge in [0.05, 0.1) is 19.3 Å². The highest BCUT2D eigenvalue weighted by Gasteiger charge is 2.19. The van der Waals surface area contributed by atoms with Gasteiger partial charge in [-0.25, -0.2) is 8.78 Å². The van der Waals surface area contributed by atoms with E-state index in [4.69, 9.17) is 9.47 Å². The topological polar surface area (TPSA) is 30.5 Å². The number of ether oxygens (including phenoxy) is 2. The summed E-state index contributed by atoms with van der Waals surface area (Å²) in [6, 6.07) is 2.63. The Labute approximate surface area is 98.7 Å². The van der Waals surface area contributed by atoms with Crippen molar-refractivity contribution >= 4 is 0 Å². The van der Waals surface area contributed by atoms with Gasteiger partial charge in [0, 0.05) is 25.8 Å². The molecule has 1 aliphatic heterocycles. The summed E-state index contributed by atoms with van der Waals surface area (Å²) in [4.78, 5) is 0. The van der Waals surface area contributed by atoms with Crippen LogP contribution in [0, 0.1) is 11.6 Å². The van der Waals surface area contributed by atoms with E-state index in [1.54, 1.807) is 0 Å². The van der Waals surface area contributed by atoms with E-state index in [0.29, 0.717) is 18.7 Å². The number of benzene rings is 1. The average molecular weight is 243 g/mol. The Morgan fingerprint density at radius 3 is 2.65 bits per heavy atom. The Kier molecular flexibility index (Phi) is 4.04. The fourth-order valence-corrected chi connectivity index (χ4v) is 1.87. The summed E-state index contributed by atoms with van der Waals surface area (Å²) in [6.07, 6.45) is -0.288. The molecule has 1 saturated heterocycles. The van der Waals surface area contributed by atoms with E-state index in [-0.39, 0.29) is 18.3 Å². The predicted molar refractivity (Wildman–Crippen MR) is 58.6 cm³/mol. The third-order valence-electron chi connectivity index (χ3n) is 2.75. The van der Waals surface area contributed by atoms with Gasteiger partial charge in [-0.3, -0.25) is 0 Å². The molecular weight excluding hydrogens is 228 g/mol. The van der Waals surface area contributed by atoms with E-state index >= 15 is 0 Å². The maximum absolute atomic E-state index is 13.7. The molecule has 0 aliphatic carbocycles. The molecule has 0 bridgehead atoms. The van der Waals surface area contributed by atoms with Crippen LogP contribution < -0.4 is 5.32 Å². The van der Waals surface area contributed by atoms with Gasteiger partial charge in [0.1, 0.15) is 11.6 Å². The maximum Gasteiger partial charge on any atom is 0.132 e. The summed E-state index contributed by atoms with van der Waals surface area (Å²) in [5.74, 6) is -1.17. The summed E-state index contributed by atoms with van der Waals surface area (Å²) < 4.78 is 37.5. The van der Waals surface area contributed by atoms with Crippen LogP contribution in [0.2, 0.25) is 0 Å².